The van der Waals surface area contributed by atoms with Crippen molar-refractivity contribution >= 4 is 51.4 Å². The first-order valence-electron chi connectivity index (χ1n) is 15.5. The number of allylic oxidation sites excluding steroid dienone is 3. The lowest BCUT2D eigenvalue weighted by Crippen LogP contribution is -2.54. The molecule has 17 heteroatoms. The summed E-state index contributed by atoms with van der Waals surface area (Å²) in [6, 6.07) is 0.182. The van der Waals surface area contributed by atoms with Crippen LogP contribution in [-0.4, -0.2) is 73.7 Å². The molecule has 5 heterocycles. The monoisotopic (exact) mass is 723 g/mol. The van der Waals surface area contributed by atoms with Crippen molar-refractivity contribution in [2.75, 3.05) is 31.1 Å². The lowest BCUT2D eigenvalue weighted by molar-refractivity contribution is -0.142. The van der Waals surface area contributed by atoms with Crippen LogP contribution < -0.4 is 26.5 Å². The molecular formula is C32H31Cl2F4N7O4. The maximum Gasteiger partial charge on any atom is 0.431 e. The number of carbonyl (C=O) groups is 1. The number of nitrogens with zero attached hydrogens (tertiary/aromatic N) is 6. The molecule has 1 amide bonds. The van der Waals surface area contributed by atoms with Gasteiger partial charge in [-0.05, 0) is 31.1 Å². The fourth-order valence-corrected chi connectivity index (χ4v) is 7.28. The average molecular weight is 725 g/mol. The van der Waals surface area contributed by atoms with Crippen molar-refractivity contribution in [3.05, 3.63) is 79.6 Å². The van der Waals surface area contributed by atoms with Crippen molar-refractivity contribution in [2.24, 2.45) is 5.73 Å². The van der Waals surface area contributed by atoms with Crippen LogP contribution in [0, 0.1) is 0 Å². The number of anilines is 1. The summed E-state index contributed by atoms with van der Waals surface area (Å²) < 4.78 is 68.3. The maximum absolute atomic E-state index is 15.9. The highest BCUT2D eigenvalue weighted by molar-refractivity contribution is 6.34. The van der Waals surface area contributed by atoms with E-state index in [1.165, 1.54) is 6.33 Å². The molecule has 2 N–H and O–H groups in total. The summed E-state index contributed by atoms with van der Waals surface area (Å²) >= 11 is 12.3. The summed E-state index contributed by atoms with van der Waals surface area (Å²) in [6.45, 7) is 7.42. The molecule has 0 spiro atoms. The molecule has 3 aromatic rings. The number of amides is 1. The molecule has 6 rings (SSSR count). The zero-order valence-corrected chi connectivity index (χ0v) is 27.9. The number of pyridine rings is 2. The Morgan fingerprint density at radius 1 is 1.12 bits per heavy atom. The number of fused-ring (bicyclic) bond motifs is 5. The molecule has 1 saturated heterocycles. The maximum atomic E-state index is 15.9. The van der Waals surface area contributed by atoms with Gasteiger partial charge < -0.3 is 20.3 Å². The van der Waals surface area contributed by atoms with E-state index in [9.17, 15) is 14.4 Å². The van der Waals surface area contributed by atoms with Crippen LogP contribution >= 0.6 is 23.2 Å². The van der Waals surface area contributed by atoms with E-state index in [1.54, 1.807) is 23.6 Å². The van der Waals surface area contributed by atoms with Gasteiger partial charge in [0.15, 0.2) is 6.17 Å². The number of alkyl halides is 5. The van der Waals surface area contributed by atoms with E-state index in [0.717, 1.165) is 16.7 Å². The summed E-state index contributed by atoms with van der Waals surface area (Å²) in [5.74, 6) is -0.622. The second-order valence-electron chi connectivity index (χ2n) is 11.7. The van der Waals surface area contributed by atoms with Crippen LogP contribution in [0.15, 0.2) is 51.4 Å². The lowest BCUT2D eigenvalue weighted by Gasteiger charge is -2.42. The minimum Gasteiger partial charge on any atom is -0.486 e. The lowest BCUT2D eigenvalue weighted by atomic mass is 10.0. The van der Waals surface area contributed by atoms with Crippen LogP contribution in [0.1, 0.15) is 37.4 Å². The van der Waals surface area contributed by atoms with E-state index >= 15 is 17.6 Å². The van der Waals surface area contributed by atoms with Crippen LogP contribution in [0.3, 0.4) is 0 Å². The van der Waals surface area contributed by atoms with E-state index < -0.39 is 57.5 Å². The summed E-state index contributed by atoms with van der Waals surface area (Å²) in [6.07, 6.45) is -3.35. The minimum absolute atomic E-state index is 0.0182. The van der Waals surface area contributed by atoms with Crippen molar-refractivity contribution in [3.63, 3.8) is 0 Å². The summed E-state index contributed by atoms with van der Waals surface area (Å²) in [7, 11) is 0. The molecule has 0 bridgehead atoms. The van der Waals surface area contributed by atoms with E-state index in [0.29, 0.717) is 23.9 Å². The summed E-state index contributed by atoms with van der Waals surface area (Å²) in [5, 5.41) is -2.19. The van der Waals surface area contributed by atoms with Gasteiger partial charge in [0.05, 0.1) is 57.2 Å². The summed E-state index contributed by atoms with van der Waals surface area (Å²) in [5.41, 5.74) is 0.865. The van der Waals surface area contributed by atoms with Gasteiger partial charge in [-0.15, -0.1) is 11.6 Å². The Kier molecular flexibility index (Phi) is 9.03. The molecule has 3 aromatic heterocycles. The van der Waals surface area contributed by atoms with Crippen molar-refractivity contribution in [1.82, 2.24) is 24.0 Å². The van der Waals surface area contributed by atoms with Gasteiger partial charge in [0.1, 0.15) is 17.5 Å². The molecule has 1 unspecified atom stereocenters. The molecule has 49 heavy (non-hydrogen) atoms. The minimum atomic E-state index is -5.25. The van der Waals surface area contributed by atoms with Crippen molar-refractivity contribution in [3.8, 4) is 11.4 Å². The topological polar surface area (TPSA) is 129 Å². The normalized spacial score (nSPS) is 21.1. The standard InChI is InChI=1S/C32H31Cl2F4N7O4/c1-4-19-27(20(5-2)41-14-40-19)45-26-16(25-29(31(45)48)49-10-7-15-13-42(22(46)6-3)8-9-43(15)25)11-21(32(36,37)38)44(30(26)47)28-23(35)17(33)12-18(34)24(28)39/h6,11-12,14-15,17,23H,3-5,7-10,13,39H2,1-2H3/t15-,17-,23?/m0/s1. The van der Waals surface area contributed by atoms with E-state index in [2.05, 4.69) is 16.5 Å². The van der Waals surface area contributed by atoms with Gasteiger partial charge in [-0.3, -0.25) is 23.5 Å². The van der Waals surface area contributed by atoms with Gasteiger partial charge in [0, 0.05) is 31.4 Å². The molecule has 11 nitrogen and oxygen atoms in total. The SMILES string of the molecule is C=CC(=O)N1CCN2c3c(c(=O)n(-c4c(CC)ncnc4CC)c4c(=O)n(C5=C(N)C(Cl)=C[C@H](Cl)C5F)c(C(F)(F)F)cc34)OCC[C@H]2C1. The largest absolute Gasteiger partial charge is 0.486 e. The Morgan fingerprint density at radius 2 is 1.80 bits per heavy atom. The quantitative estimate of drug-likeness (QED) is 0.235. The first kappa shape index (κ1) is 34.5. The van der Waals surface area contributed by atoms with E-state index in [1.807, 2.05) is 0 Å². The predicted molar refractivity (Wildman–Crippen MR) is 177 cm³/mol. The van der Waals surface area contributed by atoms with Crippen molar-refractivity contribution < 1.29 is 27.1 Å². The Balaban J connectivity index is 1.82. The Morgan fingerprint density at radius 3 is 2.41 bits per heavy atom. The van der Waals surface area contributed by atoms with Crippen molar-refractivity contribution in [1.29, 1.82) is 0 Å². The van der Waals surface area contributed by atoms with Gasteiger partial charge in [0.25, 0.3) is 11.1 Å². The molecule has 0 aromatic carbocycles. The number of carbonyl (C=O) groups excluding carboxylic acids is 1. The van der Waals surface area contributed by atoms with E-state index in [-0.39, 0.29) is 77.1 Å². The third-order valence-corrected chi connectivity index (χ3v) is 9.68. The Bertz CT molecular complexity index is 2050. The van der Waals surface area contributed by atoms with Gasteiger partial charge in [-0.2, -0.15) is 13.2 Å². The number of nitrogens with two attached hydrogens (primary N) is 1. The van der Waals surface area contributed by atoms with Crippen LogP contribution in [0.2, 0.25) is 0 Å². The van der Waals surface area contributed by atoms with Crippen LogP contribution in [0.5, 0.6) is 5.75 Å². The number of halogens is 6. The molecule has 3 atom stereocenters. The molecule has 0 radical (unpaired) electrons. The highest BCUT2D eigenvalue weighted by Crippen LogP contribution is 2.43. The fraction of sp³-hybridized carbons (Fsp3) is 0.406. The van der Waals surface area contributed by atoms with Gasteiger partial charge in [-0.1, -0.05) is 32.0 Å². The third-order valence-electron chi connectivity index (χ3n) is 9.01. The van der Waals surface area contributed by atoms with Crippen LogP contribution in [0.25, 0.3) is 22.3 Å². The second-order valence-corrected chi connectivity index (χ2v) is 12.6. The Labute approximate surface area is 286 Å². The van der Waals surface area contributed by atoms with Gasteiger partial charge in [-0.25, -0.2) is 14.4 Å². The first-order valence-corrected chi connectivity index (χ1v) is 16.3. The molecule has 1 aliphatic carbocycles. The first-order chi connectivity index (χ1) is 23.2. The van der Waals surface area contributed by atoms with Crippen LogP contribution in [-0.2, 0) is 23.8 Å². The number of rotatable bonds is 5. The number of ether oxygens (including phenoxy) is 1. The number of hydrogen-bond acceptors (Lipinski definition) is 8. The van der Waals surface area contributed by atoms with Gasteiger partial charge in [0.2, 0.25) is 11.7 Å². The average Bonchev–Trinajstić information content (AvgIpc) is 3.27. The summed E-state index contributed by atoms with van der Waals surface area (Å²) in [4.78, 5) is 53.9. The number of piperazine rings is 1. The number of aryl methyl sites for hydroxylation is 2. The molecule has 1 fully saturated rings. The number of aromatic nitrogens is 4. The zero-order valence-electron chi connectivity index (χ0n) is 26.4. The smallest absolute Gasteiger partial charge is 0.431 e. The van der Waals surface area contributed by atoms with E-state index in [4.69, 9.17) is 33.7 Å². The molecular weight excluding hydrogens is 693 g/mol. The fourth-order valence-electron chi connectivity index (χ4n) is 6.74. The molecule has 0 saturated carbocycles. The second kappa shape index (κ2) is 12.8. The highest BCUT2D eigenvalue weighted by atomic mass is 35.5. The molecule has 2 aliphatic heterocycles. The Hall–Kier alpha value is -4.37. The van der Waals surface area contributed by atoms with Gasteiger partial charge >= 0.3 is 6.18 Å². The molecule has 3 aliphatic rings. The van der Waals surface area contributed by atoms with Crippen LogP contribution in [0.4, 0.5) is 23.2 Å². The van der Waals surface area contributed by atoms with Crippen molar-refractivity contribution in [2.45, 2.75) is 56.9 Å². The number of hydrogen-bond donors (Lipinski definition) is 1. The predicted octanol–water partition coefficient (Wildman–Crippen LogP) is 4.28. The third kappa shape index (κ3) is 5.56. The molecule has 260 valence electrons. The highest BCUT2D eigenvalue weighted by Gasteiger charge is 2.43. The zero-order chi connectivity index (χ0) is 35.5.